The highest BCUT2D eigenvalue weighted by Crippen LogP contribution is 2.33. The van der Waals surface area contributed by atoms with Crippen molar-refractivity contribution in [1.29, 1.82) is 0 Å². The number of hydrogen-bond donors (Lipinski definition) is 2. The number of aliphatic hydroxyl groups is 2. The van der Waals surface area contributed by atoms with Crippen LogP contribution in [-0.4, -0.2) is 29.0 Å². The maximum atomic E-state index is 9.94. The minimum Gasteiger partial charge on any atom is -0.493 e. The first-order chi connectivity index (χ1) is 9.92. The molecular formula is C17H27ClO3. The zero-order chi connectivity index (χ0) is 16.0. The Balaban J connectivity index is 2.95. The van der Waals surface area contributed by atoms with Crippen molar-refractivity contribution in [3.05, 3.63) is 27.8 Å². The van der Waals surface area contributed by atoms with Crippen LogP contribution >= 0.6 is 11.6 Å². The smallest absolute Gasteiger partial charge is 0.123 e. The zero-order valence-electron chi connectivity index (χ0n) is 13.4. The summed E-state index contributed by atoms with van der Waals surface area (Å²) in [5.74, 6) is 0.842. The van der Waals surface area contributed by atoms with E-state index in [1.54, 1.807) is 0 Å². The average molecular weight is 315 g/mol. The predicted octanol–water partition coefficient (Wildman–Crippen LogP) is 3.81. The molecule has 0 aliphatic carbocycles. The molecule has 0 radical (unpaired) electrons. The van der Waals surface area contributed by atoms with Gasteiger partial charge in [0.25, 0.3) is 0 Å². The highest BCUT2D eigenvalue weighted by Gasteiger charge is 2.18. The van der Waals surface area contributed by atoms with Crippen LogP contribution < -0.4 is 4.74 Å². The van der Waals surface area contributed by atoms with Gasteiger partial charge in [-0.2, -0.15) is 0 Å². The molecule has 0 saturated heterocycles. The van der Waals surface area contributed by atoms with Gasteiger partial charge in [-0.15, -0.1) is 0 Å². The topological polar surface area (TPSA) is 49.7 Å². The number of aliphatic hydroxyl groups excluding tert-OH is 2. The molecular weight excluding hydrogens is 288 g/mol. The maximum Gasteiger partial charge on any atom is 0.123 e. The first-order valence-electron chi connectivity index (χ1n) is 7.69. The van der Waals surface area contributed by atoms with E-state index in [-0.39, 0.29) is 0 Å². The normalized spacial score (nSPS) is 14.0. The molecule has 2 unspecified atom stereocenters. The van der Waals surface area contributed by atoms with Gasteiger partial charge >= 0.3 is 0 Å². The summed E-state index contributed by atoms with van der Waals surface area (Å²) in [5, 5.41) is 20.4. The van der Waals surface area contributed by atoms with Gasteiger partial charge in [0.2, 0.25) is 0 Å². The summed E-state index contributed by atoms with van der Waals surface area (Å²) in [6.07, 6.45) is 1.24. The first-order valence-corrected chi connectivity index (χ1v) is 8.07. The molecule has 1 rings (SSSR count). The summed E-state index contributed by atoms with van der Waals surface area (Å²) in [4.78, 5) is 0. The van der Waals surface area contributed by atoms with Crippen molar-refractivity contribution in [1.82, 2.24) is 0 Å². The molecule has 0 aliphatic rings. The Kier molecular flexibility index (Phi) is 7.50. The molecule has 0 aliphatic heterocycles. The maximum absolute atomic E-state index is 9.94. The summed E-state index contributed by atoms with van der Waals surface area (Å²) < 4.78 is 5.82. The highest BCUT2D eigenvalue weighted by atomic mass is 35.5. The van der Waals surface area contributed by atoms with Crippen LogP contribution in [0.5, 0.6) is 5.75 Å². The largest absolute Gasteiger partial charge is 0.493 e. The molecule has 0 heterocycles. The average Bonchev–Trinajstić information content (AvgIpc) is 2.48. The second-order valence-corrected chi connectivity index (χ2v) is 5.92. The first kappa shape index (κ1) is 18.3. The minimum absolute atomic E-state index is 0.498. The molecule has 3 nitrogen and oxygen atoms in total. The number of aryl methyl sites for hydroxylation is 1. The standard InChI is InChI=1S/C17H27ClO3/c1-5-9-21-16-10-11(3)17(18)12(4)13(16)7-8-15(20)14(19)6-2/h10,14-15,19-20H,5-9H2,1-4H3. The van der Waals surface area contributed by atoms with Gasteiger partial charge in [0.15, 0.2) is 0 Å². The van der Waals surface area contributed by atoms with Crippen molar-refractivity contribution in [3.63, 3.8) is 0 Å². The quantitative estimate of drug-likeness (QED) is 0.767. The Labute approximate surface area is 132 Å². The Morgan fingerprint density at radius 3 is 2.43 bits per heavy atom. The van der Waals surface area contributed by atoms with Gasteiger partial charge in [-0.1, -0.05) is 25.4 Å². The molecule has 1 aromatic rings. The van der Waals surface area contributed by atoms with Gasteiger partial charge in [0, 0.05) is 5.02 Å². The zero-order valence-corrected chi connectivity index (χ0v) is 14.2. The van der Waals surface area contributed by atoms with Crippen molar-refractivity contribution in [2.45, 2.75) is 65.6 Å². The monoisotopic (exact) mass is 314 g/mol. The van der Waals surface area contributed by atoms with E-state index in [1.807, 2.05) is 26.8 Å². The summed E-state index contributed by atoms with van der Waals surface area (Å²) in [6, 6.07) is 1.96. The lowest BCUT2D eigenvalue weighted by atomic mass is 9.96. The number of halogens is 1. The molecule has 2 atom stereocenters. The Morgan fingerprint density at radius 1 is 1.19 bits per heavy atom. The fourth-order valence-electron chi connectivity index (χ4n) is 2.37. The lowest BCUT2D eigenvalue weighted by Crippen LogP contribution is -2.25. The van der Waals surface area contributed by atoms with Crippen molar-refractivity contribution in [2.24, 2.45) is 0 Å². The van der Waals surface area contributed by atoms with E-state index in [0.717, 1.165) is 33.9 Å². The van der Waals surface area contributed by atoms with Gasteiger partial charge < -0.3 is 14.9 Å². The van der Waals surface area contributed by atoms with Crippen LogP contribution in [0, 0.1) is 13.8 Å². The van der Waals surface area contributed by atoms with Crippen LogP contribution in [0.2, 0.25) is 5.02 Å². The van der Waals surface area contributed by atoms with Gasteiger partial charge in [0.1, 0.15) is 5.75 Å². The molecule has 0 saturated carbocycles. The van der Waals surface area contributed by atoms with E-state index in [1.165, 1.54) is 0 Å². The SMILES string of the molecule is CCCOc1cc(C)c(Cl)c(C)c1CCC(O)C(O)CC. The van der Waals surface area contributed by atoms with Gasteiger partial charge in [-0.25, -0.2) is 0 Å². The lowest BCUT2D eigenvalue weighted by Gasteiger charge is -2.20. The van der Waals surface area contributed by atoms with E-state index in [0.29, 0.717) is 25.9 Å². The second-order valence-electron chi connectivity index (χ2n) is 5.54. The summed E-state index contributed by atoms with van der Waals surface area (Å²) >= 11 is 6.33. The lowest BCUT2D eigenvalue weighted by molar-refractivity contribution is 0.0129. The van der Waals surface area contributed by atoms with E-state index in [9.17, 15) is 10.2 Å². The molecule has 4 heteroatoms. The van der Waals surface area contributed by atoms with Crippen LogP contribution in [-0.2, 0) is 6.42 Å². The van der Waals surface area contributed by atoms with Crippen LogP contribution in [0.1, 0.15) is 49.8 Å². The van der Waals surface area contributed by atoms with Crippen molar-refractivity contribution < 1.29 is 14.9 Å². The molecule has 0 amide bonds. The van der Waals surface area contributed by atoms with Crippen LogP contribution in [0.4, 0.5) is 0 Å². The third-order valence-electron chi connectivity index (χ3n) is 3.79. The minimum atomic E-state index is -0.714. The molecule has 0 spiro atoms. The molecule has 1 aromatic carbocycles. The summed E-state index contributed by atoms with van der Waals surface area (Å²) in [7, 11) is 0. The summed E-state index contributed by atoms with van der Waals surface area (Å²) in [5.41, 5.74) is 3.03. The third-order valence-corrected chi connectivity index (χ3v) is 4.37. The Morgan fingerprint density at radius 2 is 1.86 bits per heavy atom. The van der Waals surface area contributed by atoms with E-state index >= 15 is 0 Å². The molecule has 21 heavy (non-hydrogen) atoms. The molecule has 0 fully saturated rings. The molecule has 120 valence electrons. The van der Waals surface area contributed by atoms with Crippen LogP contribution in [0.15, 0.2) is 6.07 Å². The van der Waals surface area contributed by atoms with Crippen molar-refractivity contribution in [2.75, 3.05) is 6.61 Å². The molecule has 2 N–H and O–H groups in total. The van der Waals surface area contributed by atoms with Gasteiger partial charge in [-0.05, 0) is 62.3 Å². The number of ether oxygens (including phenoxy) is 1. The van der Waals surface area contributed by atoms with Crippen molar-refractivity contribution >= 4 is 11.6 Å². The van der Waals surface area contributed by atoms with Gasteiger partial charge in [0.05, 0.1) is 18.8 Å². The van der Waals surface area contributed by atoms with Crippen LogP contribution in [0.25, 0.3) is 0 Å². The number of rotatable bonds is 8. The molecule has 0 aromatic heterocycles. The third kappa shape index (κ3) is 4.87. The van der Waals surface area contributed by atoms with Gasteiger partial charge in [-0.3, -0.25) is 0 Å². The van der Waals surface area contributed by atoms with E-state index < -0.39 is 12.2 Å². The fourth-order valence-corrected chi connectivity index (χ4v) is 2.54. The van der Waals surface area contributed by atoms with E-state index in [2.05, 4.69) is 6.92 Å². The van der Waals surface area contributed by atoms with E-state index in [4.69, 9.17) is 16.3 Å². The summed E-state index contributed by atoms with van der Waals surface area (Å²) in [6.45, 7) is 8.53. The van der Waals surface area contributed by atoms with Crippen molar-refractivity contribution in [3.8, 4) is 5.75 Å². The second kappa shape index (κ2) is 8.62. The Hall–Kier alpha value is -0.770. The Bertz CT molecular complexity index is 460. The highest BCUT2D eigenvalue weighted by molar-refractivity contribution is 6.32. The van der Waals surface area contributed by atoms with Crippen LogP contribution in [0.3, 0.4) is 0 Å². The number of benzene rings is 1. The predicted molar refractivity (Wildman–Crippen MR) is 87.3 cm³/mol. The molecule has 0 bridgehead atoms. The fraction of sp³-hybridized carbons (Fsp3) is 0.647. The number of hydrogen-bond acceptors (Lipinski definition) is 3.